The van der Waals surface area contributed by atoms with E-state index in [2.05, 4.69) is 24.1 Å². The summed E-state index contributed by atoms with van der Waals surface area (Å²) in [5.41, 5.74) is 1.09. The molecule has 1 atom stereocenters. The number of hydrogen-bond donors (Lipinski definition) is 2. The number of benzene rings is 1. The van der Waals surface area contributed by atoms with Gasteiger partial charge in [-0.2, -0.15) is 0 Å². The lowest BCUT2D eigenvalue weighted by Gasteiger charge is -2.30. The van der Waals surface area contributed by atoms with Crippen molar-refractivity contribution in [2.45, 2.75) is 38.8 Å². The van der Waals surface area contributed by atoms with Crippen molar-refractivity contribution in [2.24, 2.45) is 5.92 Å². The van der Waals surface area contributed by atoms with Crippen molar-refractivity contribution in [3.8, 4) is 5.75 Å². The van der Waals surface area contributed by atoms with Crippen LogP contribution in [0.4, 0.5) is 0 Å². The van der Waals surface area contributed by atoms with E-state index in [9.17, 15) is 9.90 Å². The number of rotatable bonds is 6. The third-order valence-corrected chi connectivity index (χ3v) is 4.38. The van der Waals surface area contributed by atoms with E-state index in [1.165, 1.54) is 0 Å². The van der Waals surface area contributed by atoms with Crippen LogP contribution < -0.4 is 10.1 Å². The van der Waals surface area contributed by atoms with Gasteiger partial charge in [-0.15, -0.1) is 0 Å². The van der Waals surface area contributed by atoms with Crippen LogP contribution in [0.5, 0.6) is 5.75 Å². The van der Waals surface area contributed by atoms with E-state index in [1.54, 1.807) is 7.11 Å². The van der Waals surface area contributed by atoms with E-state index in [0.29, 0.717) is 12.5 Å². The fourth-order valence-corrected chi connectivity index (χ4v) is 2.95. The number of nitrogens with one attached hydrogen (secondary N) is 1. The highest BCUT2D eigenvalue weighted by Gasteiger charge is 2.22. The summed E-state index contributed by atoms with van der Waals surface area (Å²) in [6.45, 7) is 6.16. The smallest absolute Gasteiger partial charge is 0.234 e. The zero-order valence-electron chi connectivity index (χ0n) is 14.3. The second-order valence-corrected chi connectivity index (χ2v) is 6.57. The van der Waals surface area contributed by atoms with Crippen molar-refractivity contribution < 1.29 is 14.6 Å². The summed E-state index contributed by atoms with van der Waals surface area (Å²) in [4.78, 5) is 14.5. The van der Waals surface area contributed by atoms with Gasteiger partial charge < -0.3 is 15.2 Å². The normalized spacial score (nSPS) is 18.0. The molecule has 0 saturated carbocycles. The maximum Gasteiger partial charge on any atom is 0.234 e. The van der Waals surface area contributed by atoms with Gasteiger partial charge in [0.1, 0.15) is 5.75 Å². The van der Waals surface area contributed by atoms with E-state index in [1.807, 2.05) is 24.3 Å². The zero-order valence-corrected chi connectivity index (χ0v) is 14.3. The molecule has 1 saturated heterocycles. The van der Waals surface area contributed by atoms with Crippen molar-refractivity contribution >= 4 is 5.91 Å². The van der Waals surface area contributed by atoms with Gasteiger partial charge in [0.15, 0.2) is 0 Å². The molecule has 1 unspecified atom stereocenters. The van der Waals surface area contributed by atoms with Crippen molar-refractivity contribution in [3.05, 3.63) is 29.8 Å². The molecule has 5 nitrogen and oxygen atoms in total. The second-order valence-electron chi connectivity index (χ2n) is 6.57. The number of likely N-dealkylation sites (tertiary alicyclic amines) is 1. The molecule has 1 aromatic rings. The molecule has 2 N–H and O–H groups in total. The largest absolute Gasteiger partial charge is 0.497 e. The molecule has 0 spiro atoms. The molecule has 1 heterocycles. The molecule has 1 aliphatic rings. The molecule has 2 rings (SSSR count). The van der Waals surface area contributed by atoms with E-state index in [0.717, 1.165) is 37.2 Å². The van der Waals surface area contributed by atoms with Crippen molar-refractivity contribution in [2.75, 3.05) is 26.7 Å². The van der Waals surface area contributed by atoms with Crippen LogP contribution in [-0.4, -0.2) is 48.8 Å². The van der Waals surface area contributed by atoms with Crippen LogP contribution in [0.2, 0.25) is 0 Å². The van der Waals surface area contributed by atoms with Gasteiger partial charge in [0.05, 0.1) is 25.8 Å². The first-order valence-electron chi connectivity index (χ1n) is 8.33. The van der Waals surface area contributed by atoms with Crippen LogP contribution in [0.15, 0.2) is 24.3 Å². The van der Waals surface area contributed by atoms with E-state index in [4.69, 9.17) is 4.74 Å². The van der Waals surface area contributed by atoms with Crippen LogP contribution in [0.3, 0.4) is 0 Å². The quantitative estimate of drug-likeness (QED) is 0.841. The second kappa shape index (κ2) is 8.31. The minimum absolute atomic E-state index is 0.0104. The molecule has 128 valence electrons. The number of hydrogen-bond acceptors (Lipinski definition) is 4. The van der Waals surface area contributed by atoms with Crippen LogP contribution in [0.1, 0.15) is 38.3 Å². The Kier molecular flexibility index (Phi) is 6.42. The van der Waals surface area contributed by atoms with Gasteiger partial charge in [-0.05, 0) is 36.5 Å². The molecule has 0 bridgehead atoms. The molecule has 1 fully saturated rings. The van der Waals surface area contributed by atoms with E-state index < -0.39 is 0 Å². The number of amides is 1. The summed E-state index contributed by atoms with van der Waals surface area (Å²) in [5.74, 6) is 1.15. The molecule has 23 heavy (non-hydrogen) atoms. The summed E-state index contributed by atoms with van der Waals surface area (Å²) >= 11 is 0. The molecule has 0 aliphatic carbocycles. The molecule has 0 aromatic heterocycles. The average molecular weight is 320 g/mol. The van der Waals surface area contributed by atoms with Gasteiger partial charge in [-0.25, -0.2) is 0 Å². The number of piperidine rings is 1. The summed E-state index contributed by atoms with van der Waals surface area (Å²) < 4.78 is 5.19. The van der Waals surface area contributed by atoms with Gasteiger partial charge in [0.2, 0.25) is 5.91 Å². The number of nitrogens with zero attached hydrogens (tertiary/aromatic N) is 1. The Morgan fingerprint density at radius 1 is 1.30 bits per heavy atom. The number of aliphatic hydroxyl groups is 1. The van der Waals surface area contributed by atoms with Crippen LogP contribution >= 0.6 is 0 Å². The van der Waals surface area contributed by atoms with Crippen molar-refractivity contribution in [1.29, 1.82) is 0 Å². The van der Waals surface area contributed by atoms with Gasteiger partial charge >= 0.3 is 0 Å². The van der Waals surface area contributed by atoms with Gasteiger partial charge in [0.25, 0.3) is 0 Å². The molecule has 1 amide bonds. The van der Waals surface area contributed by atoms with E-state index in [-0.39, 0.29) is 18.1 Å². The number of carbonyl (C=O) groups is 1. The van der Waals surface area contributed by atoms with Crippen LogP contribution in [0.25, 0.3) is 0 Å². The van der Waals surface area contributed by atoms with E-state index >= 15 is 0 Å². The number of aliphatic hydroxyl groups excluding tert-OH is 1. The maximum absolute atomic E-state index is 12.4. The Bertz CT molecular complexity index is 493. The predicted molar refractivity (Wildman–Crippen MR) is 90.4 cm³/mol. The van der Waals surface area contributed by atoms with Crippen LogP contribution in [0, 0.1) is 5.92 Å². The molecular weight excluding hydrogens is 292 g/mol. The molecule has 1 aliphatic heterocycles. The fourth-order valence-electron chi connectivity index (χ4n) is 2.95. The Morgan fingerprint density at radius 3 is 2.43 bits per heavy atom. The maximum atomic E-state index is 12.4. The highest BCUT2D eigenvalue weighted by atomic mass is 16.5. The van der Waals surface area contributed by atoms with Gasteiger partial charge in [-0.1, -0.05) is 26.0 Å². The monoisotopic (exact) mass is 320 g/mol. The predicted octanol–water partition coefficient (Wildman–Crippen LogP) is 1.97. The third-order valence-electron chi connectivity index (χ3n) is 4.38. The van der Waals surface area contributed by atoms with Crippen LogP contribution in [-0.2, 0) is 4.79 Å². The average Bonchev–Trinajstić information content (AvgIpc) is 2.55. The first-order valence-corrected chi connectivity index (χ1v) is 8.33. The molecule has 5 heteroatoms. The third kappa shape index (κ3) is 5.22. The fraction of sp³-hybridized carbons (Fsp3) is 0.611. The van der Waals surface area contributed by atoms with Gasteiger partial charge in [-0.3, -0.25) is 9.69 Å². The Morgan fingerprint density at radius 2 is 1.91 bits per heavy atom. The lowest BCUT2D eigenvalue weighted by molar-refractivity contribution is -0.123. The number of carbonyl (C=O) groups excluding carboxylic acids is 1. The summed E-state index contributed by atoms with van der Waals surface area (Å²) in [7, 11) is 1.65. The molecule has 1 aromatic carbocycles. The number of methoxy groups -OCH3 is 1. The SMILES string of the molecule is COc1ccc(C(NC(=O)CN2CCC(O)CC2)C(C)C)cc1. The highest BCUT2D eigenvalue weighted by Crippen LogP contribution is 2.24. The zero-order chi connectivity index (χ0) is 16.8. The Labute approximate surface area is 138 Å². The molecule has 0 radical (unpaired) electrons. The first kappa shape index (κ1) is 17.8. The van der Waals surface area contributed by atoms with Crippen molar-refractivity contribution in [1.82, 2.24) is 10.2 Å². The summed E-state index contributed by atoms with van der Waals surface area (Å²) in [5, 5.41) is 12.7. The molecular formula is C18H28N2O3. The minimum Gasteiger partial charge on any atom is -0.497 e. The van der Waals surface area contributed by atoms with Gasteiger partial charge in [0, 0.05) is 13.1 Å². The Hall–Kier alpha value is -1.59. The minimum atomic E-state index is -0.211. The standard InChI is InChI=1S/C18H28N2O3/c1-13(2)18(14-4-6-16(23-3)7-5-14)19-17(22)12-20-10-8-15(21)9-11-20/h4-7,13,15,18,21H,8-12H2,1-3H3,(H,19,22). The summed E-state index contributed by atoms with van der Waals surface area (Å²) in [6, 6.07) is 7.83. The topological polar surface area (TPSA) is 61.8 Å². The number of ether oxygens (including phenoxy) is 1. The lowest BCUT2D eigenvalue weighted by atomic mass is 9.96. The summed E-state index contributed by atoms with van der Waals surface area (Å²) in [6.07, 6.45) is 1.29. The van der Waals surface area contributed by atoms with Crippen molar-refractivity contribution in [3.63, 3.8) is 0 Å². The highest BCUT2D eigenvalue weighted by molar-refractivity contribution is 5.78. The first-order chi connectivity index (χ1) is 11.0. The Balaban J connectivity index is 1.94. The lowest BCUT2D eigenvalue weighted by Crippen LogP contribution is -2.44.